The number of benzene rings is 3. The number of Topliss-reactive ketones (excluding diaryl/α,β-unsaturated/α-hetero) is 1. The molecule has 0 bridgehead atoms. The highest BCUT2D eigenvalue weighted by molar-refractivity contribution is 6.15. The largest absolute Gasteiger partial charge is 0.493 e. The molecule has 2 aliphatic rings. The standard InChI is InChI=1S/C30H22O9/c1-34-22-10-8-15(28(35-2)30(22)36-3)12-23-27(33)17-9-11-21-25(29(17)39-23)18(13-24(31)38-21)19-14-37-20-7-5-4-6-16(20)26(19)32/h4-12,14,18H,13H2,1-3H3. The molecule has 0 saturated carbocycles. The van der Waals surface area contributed by atoms with Gasteiger partial charge in [-0.2, -0.15) is 0 Å². The van der Waals surface area contributed by atoms with E-state index in [0.29, 0.717) is 39.3 Å². The Bertz CT molecular complexity index is 1760. The van der Waals surface area contributed by atoms with Gasteiger partial charge in [-0.25, -0.2) is 0 Å². The van der Waals surface area contributed by atoms with E-state index in [1.54, 1.807) is 54.6 Å². The van der Waals surface area contributed by atoms with Gasteiger partial charge in [0.05, 0.1) is 45.0 Å². The van der Waals surface area contributed by atoms with Crippen LogP contribution >= 0.6 is 0 Å². The molecule has 3 aromatic carbocycles. The van der Waals surface area contributed by atoms with Crippen LogP contribution in [0.25, 0.3) is 17.0 Å². The normalized spacial score (nSPS) is 16.9. The highest BCUT2D eigenvalue weighted by atomic mass is 16.5. The molecule has 1 unspecified atom stereocenters. The van der Waals surface area contributed by atoms with Gasteiger partial charge in [0.15, 0.2) is 22.7 Å². The lowest BCUT2D eigenvalue weighted by molar-refractivity contribution is -0.135. The van der Waals surface area contributed by atoms with Crippen molar-refractivity contribution in [3.63, 3.8) is 0 Å². The van der Waals surface area contributed by atoms with Gasteiger partial charge in [-0.05, 0) is 42.5 Å². The van der Waals surface area contributed by atoms with Crippen LogP contribution in [0.5, 0.6) is 28.7 Å². The van der Waals surface area contributed by atoms with Gasteiger partial charge in [-0.3, -0.25) is 14.4 Å². The maximum absolute atomic E-state index is 13.4. The first kappa shape index (κ1) is 24.3. The maximum atomic E-state index is 13.4. The zero-order valence-corrected chi connectivity index (χ0v) is 21.2. The number of methoxy groups -OCH3 is 3. The second-order valence-corrected chi connectivity index (χ2v) is 8.96. The number of carbonyl (C=O) groups is 2. The number of para-hydroxylation sites is 1. The van der Waals surface area contributed by atoms with Crippen molar-refractivity contribution in [3.05, 3.63) is 93.0 Å². The maximum Gasteiger partial charge on any atom is 0.312 e. The quantitative estimate of drug-likeness (QED) is 0.204. The molecule has 0 radical (unpaired) electrons. The van der Waals surface area contributed by atoms with Gasteiger partial charge in [-0.15, -0.1) is 0 Å². The molecule has 0 saturated heterocycles. The molecule has 9 heteroatoms. The van der Waals surface area contributed by atoms with Crippen molar-refractivity contribution in [2.75, 3.05) is 21.3 Å². The lowest BCUT2D eigenvalue weighted by Crippen LogP contribution is -2.25. The van der Waals surface area contributed by atoms with E-state index < -0.39 is 11.9 Å². The highest BCUT2D eigenvalue weighted by Gasteiger charge is 2.40. The number of fused-ring (bicyclic) bond motifs is 4. The molecule has 0 spiro atoms. The van der Waals surface area contributed by atoms with Crippen molar-refractivity contribution >= 4 is 28.8 Å². The van der Waals surface area contributed by atoms with Gasteiger partial charge in [0.25, 0.3) is 0 Å². The number of hydrogen-bond acceptors (Lipinski definition) is 9. The minimum atomic E-state index is -0.736. The lowest BCUT2D eigenvalue weighted by atomic mass is 9.85. The fraction of sp³-hybridized carbons (Fsp3) is 0.167. The number of hydrogen-bond donors (Lipinski definition) is 0. The first-order chi connectivity index (χ1) is 18.9. The number of esters is 1. The number of carbonyl (C=O) groups excluding carboxylic acids is 2. The van der Waals surface area contributed by atoms with E-state index in [-0.39, 0.29) is 46.0 Å². The molecular weight excluding hydrogens is 504 g/mol. The second-order valence-electron chi connectivity index (χ2n) is 8.96. The Hall–Kier alpha value is -5.05. The molecule has 4 aromatic rings. The molecule has 1 atom stereocenters. The average molecular weight is 526 g/mol. The molecule has 2 aliphatic heterocycles. The molecule has 3 heterocycles. The van der Waals surface area contributed by atoms with E-state index in [0.717, 1.165) is 0 Å². The summed E-state index contributed by atoms with van der Waals surface area (Å²) < 4.78 is 33.7. The molecular formula is C30H22O9. The van der Waals surface area contributed by atoms with Crippen molar-refractivity contribution in [2.24, 2.45) is 0 Å². The topological polar surface area (TPSA) is 111 Å². The van der Waals surface area contributed by atoms with E-state index in [4.69, 9.17) is 28.1 Å². The fourth-order valence-electron chi connectivity index (χ4n) is 5.08. The Balaban J connectivity index is 1.48. The van der Waals surface area contributed by atoms with Crippen molar-refractivity contribution < 1.29 is 37.7 Å². The number of ketones is 1. The summed E-state index contributed by atoms with van der Waals surface area (Å²) in [4.78, 5) is 39.4. The summed E-state index contributed by atoms with van der Waals surface area (Å²) in [6, 6.07) is 13.4. The molecule has 0 N–H and O–H groups in total. The lowest BCUT2D eigenvalue weighted by Gasteiger charge is -2.25. The third kappa shape index (κ3) is 3.82. The summed E-state index contributed by atoms with van der Waals surface area (Å²) >= 11 is 0. The Kier molecular flexibility index (Phi) is 5.83. The first-order valence-corrected chi connectivity index (χ1v) is 12.1. The predicted octanol–water partition coefficient (Wildman–Crippen LogP) is 4.88. The van der Waals surface area contributed by atoms with Crippen molar-refractivity contribution in [1.82, 2.24) is 0 Å². The predicted molar refractivity (Wildman–Crippen MR) is 140 cm³/mol. The van der Waals surface area contributed by atoms with Gasteiger partial charge in [0, 0.05) is 22.6 Å². The van der Waals surface area contributed by atoms with Gasteiger partial charge < -0.3 is 28.1 Å². The summed E-state index contributed by atoms with van der Waals surface area (Å²) in [5.74, 6) is 0.0647. The summed E-state index contributed by atoms with van der Waals surface area (Å²) in [5, 5.41) is 0.390. The summed E-state index contributed by atoms with van der Waals surface area (Å²) in [5.41, 5.74) is 1.69. The smallest absolute Gasteiger partial charge is 0.312 e. The molecule has 1 aromatic heterocycles. The van der Waals surface area contributed by atoms with Crippen LogP contribution in [-0.4, -0.2) is 33.1 Å². The van der Waals surface area contributed by atoms with Gasteiger partial charge in [0.2, 0.25) is 11.5 Å². The van der Waals surface area contributed by atoms with Crippen molar-refractivity contribution in [2.45, 2.75) is 12.3 Å². The molecule has 0 aliphatic carbocycles. The second kappa shape index (κ2) is 9.36. The number of ether oxygens (including phenoxy) is 5. The molecule has 0 fully saturated rings. The Labute approximate surface area is 222 Å². The van der Waals surface area contributed by atoms with Crippen LogP contribution in [0.2, 0.25) is 0 Å². The third-order valence-electron chi connectivity index (χ3n) is 6.88. The Morgan fingerprint density at radius 1 is 0.872 bits per heavy atom. The SMILES string of the molecule is COc1ccc(C=C2Oc3c(ccc4c3C(c3coc5ccccc5c3=O)CC(=O)O4)C2=O)c(OC)c1OC. The van der Waals surface area contributed by atoms with E-state index >= 15 is 0 Å². The molecule has 196 valence electrons. The van der Waals surface area contributed by atoms with Gasteiger partial charge in [0.1, 0.15) is 17.1 Å². The molecule has 0 amide bonds. The van der Waals surface area contributed by atoms with Crippen molar-refractivity contribution in [3.8, 4) is 28.7 Å². The molecule has 39 heavy (non-hydrogen) atoms. The fourth-order valence-corrected chi connectivity index (χ4v) is 5.08. The van der Waals surface area contributed by atoms with E-state index in [1.165, 1.54) is 27.6 Å². The number of allylic oxidation sites excluding steroid dienone is 1. The third-order valence-corrected chi connectivity index (χ3v) is 6.88. The van der Waals surface area contributed by atoms with Gasteiger partial charge >= 0.3 is 5.97 Å². The van der Waals surface area contributed by atoms with E-state index in [9.17, 15) is 14.4 Å². The van der Waals surface area contributed by atoms with Gasteiger partial charge in [-0.1, -0.05) is 12.1 Å². The van der Waals surface area contributed by atoms with Crippen molar-refractivity contribution in [1.29, 1.82) is 0 Å². The first-order valence-electron chi connectivity index (χ1n) is 12.1. The Morgan fingerprint density at radius 2 is 1.67 bits per heavy atom. The molecule has 6 rings (SSSR count). The zero-order chi connectivity index (χ0) is 27.3. The van der Waals surface area contributed by atoms with Crippen LogP contribution in [0.4, 0.5) is 0 Å². The monoisotopic (exact) mass is 526 g/mol. The van der Waals surface area contributed by atoms with Crippen LogP contribution in [0.1, 0.15) is 39.4 Å². The van der Waals surface area contributed by atoms with Crippen LogP contribution in [0.3, 0.4) is 0 Å². The zero-order valence-electron chi connectivity index (χ0n) is 21.2. The van der Waals surface area contributed by atoms with Crippen LogP contribution in [-0.2, 0) is 4.79 Å². The summed E-state index contributed by atoms with van der Waals surface area (Å²) in [6.45, 7) is 0. The summed E-state index contributed by atoms with van der Waals surface area (Å²) in [7, 11) is 4.48. The van der Waals surface area contributed by atoms with E-state index in [1.807, 2.05) is 0 Å². The van der Waals surface area contributed by atoms with Crippen LogP contribution < -0.4 is 29.1 Å². The van der Waals surface area contributed by atoms with E-state index in [2.05, 4.69) is 0 Å². The molecule has 9 nitrogen and oxygen atoms in total. The average Bonchev–Trinajstić information content (AvgIpc) is 3.27. The Morgan fingerprint density at radius 3 is 2.44 bits per heavy atom. The number of rotatable bonds is 5. The van der Waals surface area contributed by atoms with Crippen LogP contribution in [0, 0.1) is 0 Å². The summed E-state index contributed by atoms with van der Waals surface area (Å²) in [6.07, 6.45) is 2.79. The highest BCUT2D eigenvalue weighted by Crippen LogP contribution is 2.49. The van der Waals surface area contributed by atoms with Crippen LogP contribution in [0.15, 0.2) is 69.8 Å². The minimum Gasteiger partial charge on any atom is -0.493 e. The minimum absolute atomic E-state index is 0.0325.